The molecule has 1 amide bonds. The molecule has 0 aliphatic carbocycles. The molecule has 1 atom stereocenters. The number of carbonyl (C=O) groups excluding carboxylic acids is 2. The summed E-state index contributed by atoms with van der Waals surface area (Å²) in [6.45, 7) is 0. The maximum absolute atomic E-state index is 13.4. The molecule has 11 heteroatoms. The number of nitro groups is 1. The summed E-state index contributed by atoms with van der Waals surface area (Å²) in [7, 11) is 1.42. The zero-order valence-corrected chi connectivity index (χ0v) is 18.5. The Kier molecular flexibility index (Phi) is 6.23. The molecule has 1 heterocycles. The van der Waals surface area contributed by atoms with Crippen LogP contribution in [0.5, 0.6) is 5.75 Å². The van der Waals surface area contributed by atoms with Crippen molar-refractivity contribution in [2.45, 2.75) is 12.2 Å². The molecule has 0 radical (unpaired) electrons. The van der Waals surface area contributed by atoms with Crippen molar-refractivity contribution in [3.8, 4) is 5.75 Å². The number of anilines is 1. The minimum Gasteiger partial charge on any atom is -0.507 e. The Morgan fingerprint density at radius 1 is 1.03 bits per heavy atom. The van der Waals surface area contributed by atoms with Crippen LogP contribution in [0.4, 0.5) is 24.5 Å². The van der Waals surface area contributed by atoms with Gasteiger partial charge in [-0.05, 0) is 48.5 Å². The first kappa shape index (κ1) is 24.5. The summed E-state index contributed by atoms with van der Waals surface area (Å²) in [6.07, 6.45) is -4.75. The van der Waals surface area contributed by atoms with E-state index >= 15 is 0 Å². The van der Waals surface area contributed by atoms with Gasteiger partial charge in [-0.25, -0.2) is 0 Å². The van der Waals surface area contributed by atoms with E-state index in [4.69, 9.17) is 4.74 Å². The first-order chi connectivity index (χ1) is 17.0. The van der Waals surface area contributed by atoms with Crippen LogP contribution in [0, 0.1) is 10.1 Å². The molecule has 1 aliphatic heterocycles. The van der Waals surface area contributed by atoms with Gasteiger partial charge in [-0.1, -0.05) is 18.2 Å². The van der Waals surface area contributed by atoms with Crippen LogP contribution in [0.15, 0.2) is 78.4 Å². The Morgan fingerprint density at radius 3 is 2.31 bits per heavy atom. The molecule has 0 bridgehead atoms. The van der Waals surface area contributed by atoms with E-state index in [0.29, 0.717) is 11.8 Å². The summed E-state index contributed by atoms with van der Waals surface area (Å²) < 4.78 is 45.2. The van der Waals surface area contributed by atoms with Crippen LogP contribution in [0.2, 0.25) is 0 Å². The predicted molar refractivity (Wildman–Crippen MR) is 122 cm³/mol. The standard InChI is InChI=1S/C25H17F3N2O6/c1-36-17-11-9-14(10-12-17)22(31)20-21(18-7-2-3-8-19(18)30(34)35)29(24(33)23(20)32)16-6-4-5-15(13-16)25(26,27)28/h2-13,21,31H,1H3. The zero-order valence-electron chi connectivity index (χ0n) is 18.5. The summed E-state index contributed by atoms with van der Waals surface area (Å²) in [5, 5.41) is 22.8. The van der Waals surface area contributed by atoms with Gasteiger partial charge in [0.2, 0.25) is 0 Å². The van der Waals surface area contributed by atoms with E-state index in [2.05, 4.69) is 0 Å². The third-order valence-corrected chi connectivity index (χ3v) is 5.69. The highest BCUT2D eigenvalue weighted by molar-refractivity contribution is 6.51. The molecule has 0 saturated carbocycles. The van der Waals surface area contributed by atoms with E-state index in [1.165, 1.54) is 55.6 Å². The molecule has 3 aromatic carbocycles. The van der Waals surface area contributed by atoms with Crippen molar-refractivity contribution in [2.24, 2.45) is 0 Å². The molecule has 1 fully saturated rings. The Morgan fingerprint density at radius 2 is 1.69 bits per heavy atom. The van der Waals surface area contributed by atoms with Gasteiger partial charge in [-0.2, -0.15) is 13.2 Å². The smallest absolute Gasteiger partial charge is 0.416 e. The lowest BCUT2D eigenvalue weighted by atomic mass is 9.94. The van der Waals surface area contributed by atoms with E-state index in [1.807, 2.05) is 0 Å². The van der Waals surface area contributed by atoms with Crippen molar-refractivity contribution in [1.82, 2.24) is 0 Å². The Bertz CT molecular complexity index is 1400. The Hall–Kier alpha value is -4.67. The molecule has 4 rings (SSSR count). The van der Waals surface area contributed by atoms with Crippen molar-refractivity contribution < 1.29 is 37.5 Å². The molecule has 0 aromatic heterocycles. The van der Waals surface area contributed by atoms with Gasteiger partial charge in [0.15, 0.2) is 0 Å². The number of halogens is 3. The van der Waals surface area contributed by atoms with Crippen LogP contribution in [0.1, 0.15) is 22.7 Å². The third kappa shape index (κ3) is 4.26. The largest absolute Gasteiger partial charge is 0.507 e. The van der Waals surface area contributed by atoms with E-state index < -0.39 is 51.4 Å². The molecule has 8 nitrogen and oxygen atoms in total. The molecule has 1 aliphatic rings. The fourth-order valence-electron chi connectivity index (χ4n) is 4.01. The van der Waals surface area contributed by atoms with Gasteiger partial charge in [0.05, 0.1) is 28.7 Å². The number of rotatable bonds is 5. The van der Waals surface area contributed by atoms with Crippen LogP contribution in [0.3, 0.4) is 0 Å². The number of para-hydroxylation sites is 1. The van der Waals surface area contributed by atoms with Crippen molar-refractivity contribution in [3.05, 3.63) is 105 Å². The highest BCUT2D eigenvalue weighted by atomic mass is 19.4. The Balaban J connectivity index is 1.99. The fourth-order valence-corrected chi connectivity index (χ4v) is 4.01. The van der Waals surface area contributed by atoms with Crippen molar-refractivity contribution in [2.75, 3.05) is 12.0 Å². The summed E-state index contributed by atoms with van der Waals surface area (Å²) in [5.74, 6) is -2.66. The second-order valence-corrected chi connectivity index (χ2v) is 7.76. The van der Waals surface area contributed by atoms with Gasteiger partial charge in [0.1, 0.15) is 17.6 Å². The number of ether oxygens (including phenoxy) is 1. The van der Waals surface area contributed by atoms with Crippen molar-refractivity contribution in [1.29, 1.82) is 0 Å². The number of nitrogens with zero attached hydrogens (tertiary/aromatic N) is 2. The van der Waals surface area contributed by atoms with Crippen molar-refractivity contribution >= 4 is 28.8 Å². The van der Waals surface area contributed by atoms with E-state index in [-0.39, 0.29) is 16.8 Å². The van der Waals surface area contributed by atoms with Gasteiger partial charge >= 0.3 is 6.18 Å². The first-order valence-electron chi connectivity index (χ1n) is 10.4. The number of hydrogen-bond acceptors (Lipinski definition) is 6. The molecule has 1 unspecified atom stereocenters. The highest BCUT2D eigenvalue weighted by Crippen LogP contribution is 2.45. The number of carbonyl (C=O) groups is 2. The average molecular weight is 498 g/mol. The van der Waals surface area contributed by atoms with E-state index in [0.717, 1.165) is 23.1 Å². The monoisotopic (exact) mass is 498 g/mol. The van der Waals surface area contributed by atoms with Crippen LogP contribution < -0.4 is 9.64 Å². The number of alkyl halides is 3. The number of amides is 1. The van der Waals surface area contributed by atoms with Gasteiger partial charge in [0, 0.05) is 17.3 Å². The summed E-state index contributed by atoms with van der Waals surface area (Å²) in [5.41, 5.74) is -2.45. The molecular weight excluding hydrogens is 481 g/mol. The maximum atomic E-state index is 13.4. The quantitative estimate of drug-likeness (QED) is 0.169. The molecular formula is C25H17F3N2O6. The van der Waals surface area contributed by atoms with E-state index in [9.17, 15) is 38.0 Å². The molecule has 3 aromatic rings. The molecule has 1 saturated heterocycles. The number of benzene rings is 3. The molecule has 1 N–H and O–H groups in total. The third-order valence-electron chi connectivity index (χ3n) is 5.69. The SMILES string of the molecule is COc1ccc(C(O)=C2C(=O)C(=O)N(c3cccc(C(F)(F)F)c3)C2c2ccccc2[N+](=O)[O-])cc1. The van der Waals surface area contributed by atoms with Gasteiger partial charge in [0.25, 0.3) is 17.4 Å². The number of aliphatic hydroxyl groups is 1. The number of Topliss-reactive ketones (excluding diaryl/α,β-unsaturated/α-hetero) is 1. The summed E-state index contributed by atoms with van der Waals surface area (Å²) in [4.78, 5) is 38.0. The van der Waals surface area contributed by atoms with Crippen molar-refractivity contribution in [3.63, 3.8) is 0 Å². The van der Waals surface area contributed by atoms with Crippen LogP contribution in [-0.4, -0.2) is 28.8 Å². The van der Waals surface area contributed by atoms with Crippen LogP contribution in [0.25, 0.3) is 5.76 Å². The van der Waals surface area contributed by atoms with Crippen LogP contribution in [-0.2, 0) is 15.8 Å². The number of aliphatic hydroxyl groups excluding tert-OH is 1. The second kappa shape index (κ2) is 9.17. The maximum Gasteiger partial charge on any atom is 0.416 e. The lowest BCUT2D eigenvalue weighted by molar-refractivity contribution is -0.385. The lowest BCUT2D eigenvalue weighted by Crippen LogP contribution is -2.30. The lowest BCUT2D eigenvalue weighted by Gasteiger charge is -2.25. The Labute approximate surface area is 202 Å². The van der Waals surface area contributed by atoms with Gasteiger partial charge in [-0.3, -0.25) is 24.6 Å². The summed E-state index contributed by atoms with van der Waals surface area (Å²) in [6, 6.07) is 13.1. The number of hydrogen-bond donors (Lipinski definition) is 1. The normalized spacial score (nSPS) is 17.3. The molecule has 36 heavy (non-hydrogen) atoms. The van der Waals surface area contributed by atoms with Crippen LogP contribution >= 0.6 is 0 Å². The fraction of sp³-hybridized carbons (Fsp3) is 0.120. The minimum absolute atomic E-state index is 0.0985. The average Bonchev–Trinajstić information content (AvgIpc) is 3.13. The second-order valence-electron chi connectivity index (χ2n) is 7.76. The first-order valence-corrected chi connectivity index (χ1v) is 10.4. The van der Waals surface area contributed by atoms with Gasteiger partial charge in [-0.15, -0.1) is 0 Å². The summed E-state index contributed by atoms with van der Waals surface area (Å²) >= 11 is 0. The topological polar surface area (TPSA) is 110 Å². The van der Waals surface area contributed by atoms with Gasteiger partial charge < -0.3 is 9.84 Å². The zero-order chi connectivity index (χ0) is 26.2. The number of ketones is 1. The number of nitro benzene ring substituents is 1. The number of methoxy groups -OCH3 is 1. The molecule has 0 spiro atoms. The van der Waals surface area contributed by atoms with E-state index in [1.54, 1.807) is 0 Å². The minimum atomic E-state index is -4.75. The predicted octanol–water partition coefficient (Wildman–Crippen LogP) is 5.25. The molecule has 184 valence electrons. The highest BCUT2D eigenvalue weighted by Gasteiger charge is 2.49.